The van der Waals surface area contributed by atoms with Crippen molar-refractivity contribution in [2.75, 3.05) is 45.8 Å². The van der Waals surface area contributed by atoms with E-state index in [1.807, 2.05) is 0 Å². The molecule has 0 aromatic carbocycles. The second-order valence-corrected chi connectivity index (χ2v) is 6.46. The summed E-state index contributed by atoms with van der Waals surface area (Å²) < 4.78 is 0. The Morgan fingerprint density at radius 2 is 1.68 bits per heavy atom. The van der Waals surface area contributed by atoms with Gasteiger partial charge in [0.1, 0.15) is 0 Å². The smallest absolute Gasteiger partial charge is 0.0113 e. The van der Waals surface area contributed by atoms with E-state index in [0.29, 0.717) is 0 Å². The van der Waals surface area contributed by atoms with Gasteiger partial charge in [0.2, 0.25) is 0 Å². The van der Waals surface area contributed by atoms with E-state index in [0.717, 1.165) is 12.0 Å². The van der Waals surface area contributed by atoms with E-state index in [-0.39, 0.29) is 12.4 Å². The van der Waals surface area contributed by atoms with Crippen molar-refractivity contribution in [3.05, 3.63) is 0 Å². The third-order valence-electron chi connectivity index (χ3n) is 5.26. The van der Waals surface area contributed by atoms with Gasteiger partial charge in [-0.2, -0.15) is 0 Å². The molecule has 3 fully saturated rings. The van der Waals surface area contributed by atoms with E-state index < -0.39 is 0 Å². The van der Waals surface area contributed by atoms with Crippen LogP contribution in [0, 0.1) is 5.92 Å². The fourth-order valence-electron chi connectivity index (χ4n) is 3.95. The summed E-state index contributed by atoms with van der Waals surface area (Å²) >= 11 is 0. The Morgan fingerprint density at radius 3 is 2.32 bits per heavy atom. The first-order valence-electron chi connectivity index (χ1n) is 8.09. The van der Waals surface area contributed by atoms with E-state index >= 15 is 0 Å². The molecule has 0 amide bonds. The lowest BCUT2D eigenvalue weighted by Crippen LogP contribution is -2.49. The number of hydrogen-bond acceptors (Lipinski definition) is 3. The largest absolute Gasteiger partial charge is 0.316 e. The third kappa shape index (κ3) is 4.32. The van der Waals surface area contributed by atoms with Crippen molar-refractivity contribution in [1.82, 2.24) is 15.1 Å². The van der Waals surface area contributed by atoms with Gasteiger partial charge in [-0.15, -0.1) is 12.4 Å². The van der Waals surface area contributed by atoms with Crippen LogP contribution in [0.25, 0.3) is 0 Å². The molecule has 2 aliphatic heterocycles. The zero-order valence-electron chi connectivity index (χ0n) is 12.1. The Hall–Kier alpha value is 0.170. The first-order chi connectivity index (χ1) is 8.92. The Balaban J connectivity index is 0.00000133. The van der Waals surface area contributed by atoms with Crippen molar-refractivity contribution < 1.29 is 0 Å². The molecular weight excluding hydrogens is 258 g/mol. The van der Waals surface area contributed by atoms with Crippen molar-refractivity contribution in [2.45, 2.75) is 44.6 Å². The molecule has 3 aliphatic rings. The zero-order valence-corrected chi connectivity index (χ0v) is 13.0. The molecule has 0 bridgehead atoms. The Bertz CT molecular complexity index is 242. The maximum atomic E-state index is 3.48. The lowest BCUT2D eigenvalue weighted by atomic mass is 10.0. The van der Waals surface area contributed by atoms with Gasteiger partial charge in [-0.05, 0) is 51.2 Å². The minimum absolute atomic E-state index is 0. The molecule has 1 unspecified atom stereocenters. The molecule has 1 saturated carbocycles. The maximum absolute atomic E-state index is 3.48. The molecule has 1 N–H and O–H groups in total. The van der Waals surface area contributed by atoms with E-state index in [2.05, 4.69) is 15.1 Å². The summed E-state index contributed by atoms with van der Waals surface area (Å²) in [5.41, 5.74) is 0. The van der Waals surface area contributed by atoms with Crippen LogP contribution in [0.15, 0.2) is 0 Å². The lowest BCUT2D eigenvalue weighted by molar-refractivity contribution is 0.0945. The predicted molar refractivity (Wildman–Crippen MR) is 83.1 cm³/mol. The highest BCUT2D eigenvalue weighted by Crippen LogP contribution is 2.24. The molecule has 3 rings (SSSR count). The molecule has 2 heterocycles. The Labute approximate surface area is 124 Å². The minimum atomic E-state index is 0. The summed E-state index contributed by atoms with van der Waals surface area (Å²) in [6, 6.07) is 0.936. The molecule has 2 saturated heterocycles. The Morgan fingerprint density at radius 1 is 0.947 bits per heavy atom. The van der Waals surface area contributed by atoms with Gasteiger partial charge in [0.15, 0.2) is 0 Å². The summed E-state index contributed by atoms with van der Waals surface area (Å²) in [5, 5.41) is 3.48. The van der Waals surface area contributed by atoms with Gasteiger partial charge in [0.05, 0.1) is 0 Å². The van der Waals surface area contributed by atoms with E-state index in [9.17, 15) is 0 Å². The van der Waals surface area contributed by atoms with E-state index in [1.54, 1.807) is 0 Å². The molecule has 19 heavy (non-hydrogen) atoms. The second-order valence-electron chi connectivity index (χ2n) is 6.46. The van der Waals surface area contributed by atoms with Crippen LogP contribution in [0.1, 0.15) is 38.5 Å². The molecule has 1 atom stereocenters. The monoisotopic (exact) mass is 287 g/mol. The van der Waals surface area contributed by atoms with Gasteiger partial charge in [-0.25, -0.2) is 0 Å². The van der Waals surface area contributed by atoms with Crippen molar-refractivity contribution in [2.24, 2.45) is 5.92 Å². The molecule has 3 nitrogen and oxygen atoms in total. The number of nitrogens with one attached hydrogen (secondary N) is 1. The summed E-state index contributed by atoms with van der Waals surface area (Å²) in [6.45, 7) is 9.14. The van der Waals surface area contributed by atoms with Crippen LogP contribution in [0.2, 0.25) is 0 Å². The highest BCUT2D eigenvalue weighted by Gasteiger charge is 2.26. The summed E-state index contributed by atoms with van der Waals surface area (Å²) in [6.07, 6.45) is 8.69. The zero-order chi connectivity index (χ0) is 12.2. The number of halogens is 1. The van der Waals surface area contributed by atoms with Crippen LogP contribution in [-0.4, -0.2) is 61.7 Å². The quantitative estimate of drug-likeness (QED) is 0.853. The molecular formula is C15H30ClN3. The first-order valence-corrected chi connectivity index (χ1v) is 8.09. The summed E-state index contributed by atoms with van der Waals surface area (Å²) in [5.74, 6) is 0.956. The van der Waals surface area contributed by atoms with E-state index in [4.69, 9.17) is 0 Å². The van der Waals surface area contributed by atoms with Crippen LogP contribution in [0.4, 0.5) is 0 Å². The average Bonchev–Trinajstić information content (AvgIpc) is 3.10. The Kier molecular flexibility index (Phi) is 6.40. The minimum Gasteiger partial charge on any atom is -0.316 e. The normalized spacial score (nSPS) is 30.6. The van der Waals surface area contributed by atoms with Crippen molar-refractivity contribution in [3.63, 3.8) is 0 Å². The topological polar surface area (TPSA) is 18.5 Å². The van der Waals surface area contributed by atoms with Gasteiger partial charge >= 0.3 is 0 Å². The molecule has 0 radical (unpaired) electrons. The average molecular weight is 288 g/mol. The fourth-order valence-corrected chi connectivity index (χ4v) is 3.95. The molecule has 0 spiro atoms. The molecule has 0 aromatic heterocycles. The first kappa shape index (κ1) is 15.6. The number of hydrogen-bond donors (Lipinski definition) is 1. The van der Waals surface area contributed by atoms with Crippen LogP contribution in [-0.2, 0) is 0 Å². The molecule has 1 aliphatic carbocycles. The van der Waals surface area contributed by atoms with Crippen molar-refractivity contribution in [1.29, 1.82) is 0 Å². The highest BCUT2D eigenvalue weighted by atomic mass is 35.5. The summed E-state index contributed by atoms with van der Waals surface area (Å²) in [7, 11) is 0. The molecule has 0 aromatic rings. The van der Waals surface area contributed by atoms with Crippen molar-refractivity contribution >= 4 is 12.4 Å². The van der Waals surface area contributed by atoms with E-state index in [1.165, 1.54) is 84.3 Å². The number of piperazine rings is 1. The molecule has 112 valence electrons. The SMILES string of the molecule is C1CCC(N2CCN(CCC3CCNC3)CC2)C1.Cl. The van der Waals surface area contributed by atoms with Gasteiger partial charge < -0.3 is 10.2 Å². The summed E-state index contributed by atoms with van der Waals surface area (Å²) in [4.78, 5) is 5.46. The predicted octanol–water partition coefficient (Wildman–Crippen LogP) is 1.97. The second kappa shape index (κ2) is 7.82. The lowest BCUT2D eigenvalue weighted by Gasteiger charge is -2.38. The third-order valence-corrected chi connectivity index (χ3v) is 5.26. The number of nitrogens with zero attached hydrogens (tertiary/aromatic N) is 2. The van der Waals surface area contributed by atoms with Crippen LogP contribution < -0.4 is 5.32 Å². The van der Waals surface area contributed by atoms with Gasteiger partial charge in [-0.3, -0.25) is 4.90 Å². The van der Waals surface area contributed by atoms with Crippen LogP contribution in [0.3, 0.4) is 0 Å². The van der Waals surface area contributed by atoms with Crippen LogP contribution >= 0.6 is 12.4 Å². The van der Waals surface area contributed by atoms with Crippen LogP contribution in [0.5, 0.6) is 0 Å². The van der Waals surface area contributed by atoms with Gasteiger partial charge in [-0.1, -0.05) is 12.8 Å². The van der Waals surface area contributed by atoms with Crippen molar-refractivity contribution in [3.8, 4) is 0 Å². The molecule has 4 heteroatoms. The standard InChI is InChI=1S/C15H29N3.ClH/c1-2-4-15(3-1)18-11-9-17(10-12-18)8-6-14-5-7-16-13-14;/h14-16H,1-13H2;1H. The highest BCUT2D eigenvalue weighted by molar-refractivity contribution is 5.85. The maximum Gasteiger partial charge on any atom is 0.0113 e. The number of rotatable bonds is 4. The van der Waals surface area contributed by atoms with Gasteiger partial charge in [0, 0.05) is 32.2 Å². The van der Waals surface area contributed by atoms with Gasteiger partial charge in [0.25, 0.3) is 0 Å². The fraction of sp³-hybridized carbons (Fsp3) is 1.00.